The summed E-state index contributed by atoms with van der Waals surface area (Å²) in [6.07, 6.45) is -0.375. The quantitative estimate of drug-likeness (QED) is 0.807. The Morgan fingerprint density at radius 1 is 1.00 bits per heavy atom. The maximum absolute atomic E-state index is 13.5. The Hall–Kier alpha value is -2.69. The lowest BCUT2D eigenvalue weighted by atomic mass is 9.98. The lowest BCUT2D eigenvalue weighted by molar-refractivity contribution is -0.123. The van der Waals surface area contributed by atoms with E-state index in [1.54, 1.807) is 6.07 Å². The molecule has 2 aromatic carbocycles. The van der Waals surface area contributed by atoms with Gasteiger partial charge in [0.25, 0.3) is 0 Å². The molecule has 0 fully saturated rings. The Morgan fingerprint density at radius 2 is 1.67 bits per heavy atom. The Labute approximate surface area is 141 Å². The molecule has 24 heavy (non-hydrogen) atoms. The summed E-state index contributed by atoms with van der Waals surface area (Å²) in [6, 6.07) is 11.6. The Morgan fingerprint density at radius 3 is 2.33 bits per heavy atom. The minimum Gasteiger partial charge on any atom is -0.325 e. The summed E-state index contributed by atoms with van der Waals surface area (Å²) >= 11 is 0. The van der Waals surface area contributed by atoms with Crippen molar-refractivity contribution in [2.24, 2.45) is 0 Å². The monoisotopic (exact) mass is 328 g/mol. The number of rotatable bonds is 5. The molecule has 0 aliphatic rings. The number of carbonyl (C=O) groups excluding carboxylic acids is 2. The van der Waals surface area contributed by atoms with E-state index < -0.39 is 17.6 Å². The fraction of sp³-hybridized carbons (Fsp3) is 0.263. The zero-order chi connectivity index (χ0) is 17.7. The average Bonchev–Trinajstić information content (AvgIpc) is 2.51. The van der Waals surface area contributed by atoms with Crippen molar-refractivity contribution in [3.05, 3.63) is 59.4 Å². The van der Waals surface area contributed by atoms with Crippen LogP contribution >= 0.6 is 0 Å². The lowest BCUT2D eigenvalue weighted by Crippen LogP contribution is -2.22. The van der Waals surface area contributed by atoms with Crippen LogP contribution in [-0.2, 0) is 9.59 Å². The molecule has 0 bridgehead atoms. The highest BCUT2D eigenvalue weighted by Gasteiger charge is 2.15. The number of aryl methyl sites for hydroxylation is 1. The van der Waals surface area contributed by atoms with Crippen LogP contribution in [0.2, 0.25) is 0 Å². The Bertz CT molecular complexity index is 757. The van der Waals surface area contributed by atoms with Gasteiger partial charge in [0.15, 0.2) is 0 Å². The molecule has 0 radical (unpaired) electrons. The molecule has 0 atom stereocenters. The van der Waals surface area contributed by atoms with Crippen LogP contribution < -0.4 is 10.6 Å². The molecule has 2 amide bonds. The number of hydrogen-bond donors (Lipinski definition) is 2. The van der Waals surface area contributed by atoms with E-state index in [1.165, 1.54) is 18.2 Å². The summed E-state index contributed by atoms with van der Waals surface area (Å²) < 4.78 is 13.5. The highest BCUT2D eigenvalue weighted by Crippen LogP contribution is 2.27. The number of anilines is 2. The van der Waals surface area contributed by atoms with Crippen LogP contribution in [0.25, 0.3) is 0 Å². The molecule has 2 aromatic rings. The summed E-state index contributed by atoms with van der Waals surface area (Å²) in [5, 5.41) is 5.20. The number of para-hydroxylation sites is 2. The van der Waals surface area contributed by atoms with E-state index in [-0.39, 0.29) is 18.0 Å². The topological polar surface area (TPSA) is 58.2 Å². The molecule has 0 unspecified atom stereocenters. The number of carbonyl (C=O) groups is 2. The molecule has 0 saturated carbocycles. The van der Waals surface area contributed by atoms with Crippen molar-refractivity contribution in [1.82, 2.24) is 0 Å². The third-order valence-corrected chi connectivity index (χ3v) is 3.66. The molecule has 4 nitrogen and oxygen atoms in total. The van der Waals surface area contributed by atoms with Gasteiger partial charge in [-0.3, -0.25) is 9.59 Å². The predicted molar refractivity (Wildman–Crippen MR) is 93.5 cm³/mol. The number of amides is 2. The van der Waals surface area contributed by atoms with Crippen molar-refractivity contribution in [2.45, 2.75) is 33.1 Å². The molecule has 2 N–H and O–H groups in total. The highest BCUT2D eigenvalue weighted by atomic mass is 19.1. The van der Waals surface area contributed by atoms with Crippen molar-refractivity contribution in [3.8, 4) is 0 Å². The zero-order valence-corrected chi connectivity index (χ0v) is 14.0. The fourth-order valence-electron chi connectivity index (χ4n) is 2.43. The lowest BCUT2D eigenvalue weighted by Gasteiger charge is -2.16. The van der Waals surface area contributed by atoms with E-state index in [2.05, 4.69) is 10.6 Å². The molecule has 126 valence electrons. The molecule has 0 saturated heterocycles. The van der Waals surface area contributed by atoms with Crippen molar-refractivity contribution in [3.63, 3.8) is 0 Å². The minimum atomic E-state index is -0.558. The second-order valence-corrected chi connectivity index (χ2v) is 5.95. The summed E-state index contributed by atoms with van der Waals surface area (Å²) in [7, 11) is 0. The third kappa shape index (κ3) is 4.41. The van der Waals surface area contributed by atoms with Gasteiger partial charge in [0.2, 0.25) is 11.8 Å². The van der Waals surface area contributed by atoms with Gasteiger partial charge in [0.05, 0.1) is 5.69 Å². The molecule has 0 aliphatic heterocycles. The summed E-state index contributed by atoms with van der Waals surface area (Å²) in [4.78, 5) is 24.1. The zero-order valence-electron chi connectivity index (χ0n) is 14.0. The first-order chi connectivity index (χ1) is 11.4. The van der Waals surface area contributed by atoms with Gasteiger partial charge in [-0.2, -0.15) is 0 Å². The molecule has 0 spiro atoms. The summed E-state index contributed by atoms with van der Waals surface area (Å²) in [6.45, 7) is 5.98. The SMILES string of the molecule is Cc1cccc(C(C)C)c1NC(=O)CC(=O)Nc1ccccc1F. The van der Waals surface area contributed by atoms with E-state index in [4.69, 9.17) is 0 Å². The summed E-state index contributed by atoms with van der Waals surface area (Å²) in [5.74, 6) is -1.28. The van der Waals surface area contributed by atoms with Crippen LogP contribution in [-0.4, -0.2) is 11.8 Å². The van der Waals surface area contributed by atoms with Gasteiger partial charge in [0, 0.05) is 5.69 Å². The van der Waals surface area contributed by atoms with Gasteiger partial charge >= 0.3 is 0 Å². The number of halogens is 1. The maximum Gasteiger partial charge on any atom is 0.233 e. The van der Waals surface area contributed by atoms with Gasteiger partial charge in [-0.15, -0.1) is 0 Å². The van der Waals surface area contributed by atoms with Crippen molar-refractivity contribution < 1.29 is 14.0 Å². The van der Waals surface area contributed by atoms with Crippen molar-refractivity contribution in [2.75, 3.05) is 10.6 Å². The van der Waals surface area contributed by atoms with Gasteiger partial charge in [-0.1, -0.05) is 44.2 Å². The number of nitrogens with one attached hydrogen (secondary N) is 2. The van der Waals surface area contributed by atoms with Crippen LogP contribution in [0.5, 0.6) is 0 Å². The first-order valence-electron chi connectivity index (χ1n) is 7.82. The Balaban J connectivity index is 2.04. The standard InChI is InChI=1S/C19H21FN2O2/c1-12(2)14-8-6-7-13(3)19(14)22-18(24)11-17(23)21-16-10-5-4-9-15(16)20/h4-10,12H,11H2,1-3H3,(H,21,23)(H,22,24). The van der Waals surface area contributed by atoms with Gasteiger partial charge in [0.1, 0.15) is 12.2 Å². The minimum absolute atomic E-state index is 0.0639. The summed E-state index contributed by atoms with van der Waals surface area (Å²) in [5.41, 5.74) is 2.74. The number of benzene rings is 2. The molecular formula is C19H21FN2O2. The van der Waals surface area contributed by atoms with Gasteiger partial charge in [-0.25, -0.2) is 4.39 Å². The highest BCUT2D eigenvalue weighted by molar-refractivity contribution is 6.08. The maximum atomic E-state index is 13.5. The van der Waals surface area contributed by atoms with Crippen LogP contribution in [0.4, 0.5) is 15.8 Å². The van der Waals surface area contributed by atoms with E-state index in [9.17, 15) is 14.0 Å². The first kappa shape index (κ1) is 17.7. The molecular weight excluding hydrogens is 307 g/mol. The number of hydrogen-bond acceptors (Lipinski definition) is 2. The third-order valence-electron chi connectivity index (χ3n) is 3.66. The predicted octanol–water partition coefficient (Wildman–Crippen LogP) is 4.22. The smallest absolute Gasteiger partial charge is 0.233 e. The van der Waals surface area contributed by atoms with Crippen LogP contribution in [0.1, 0.15) is 37.3 Å². The first-order valence-corrected chi connectivity index (χ1v) is 7.82. The van der Waals surface area contributed by atoms with Crippen LogP contribution in [0, 0.1) is 12.7 Å². The second kappa shape index (κ2) is 7.73. The van der Waals surface area contributed by atoms with Crippen LogP contribution in [0.15, 0.2) is 42.5 Å². The molecule has 2 rings (SSSR count). The molecule has 0 heterocycles. The van der Waals surface area contributed by atoms with Crippen molar-refractivity contribution >= 4 is 23.2 Å². The van der Waals surface area contributed by atoms with E-state index in [0.29, 0.717) is 0 Å². The van der Waals surface area contributed by atoms with E-state index in [1.807, 2.05) is 39.0 Å². The van der Waals surface area contributed by atoms with Crippen LogP contribution in [0.3, 0.4) is 0 Å². The molecule has 5 heteroatoms. The van der Waals surface area contributed by atoms with Crippen molar-refractivity contribution in [1.29, 1.82) is 0 Å². The largest absolute Gasteiger partial charge is 0.325 e. The second-order valence-electron chi connectivity index (χ2n) is 5.95. The fourth-order valence-corrected chi connectivity index (χ4v) is 2.43. The molecule has 0 aliphatic carbocycles. The Kier molecular flexibility index (Phi) is 5.68. The van der Waals surface area contributed by atoms with E-state index >= 15 is 0 Å². The average molecular weight is 328 g/mol. The van der Waals surface area contributed by atoms with E-state index in [0.717, 1.165) is 16.8 Å². The molecule has 0 aromatic heterocycles. The van der Waals surface area contributed by atoms with Gasteiger partial charge < -0.3 is 10.6 Å². The normalized spacial score (nSPS) is 10.5. The van der Waals surface area contributed by atoms with Gasteiger partial charge in [-0.05, 0) is 36.1 Å².